The number of ether oxygens (including phenoxy) is 1. The van der Waals surface area contributed by atoms with Crippen molar-refractivity contribution in [2.45, 2.75) is 20.3 Å². The highest BCUT2D eigenvalue weighted by Crippen LogP contribution is 2.31. The standard InChI is InChI=1S/C16H18F2N2O/c1-3-6-21-16-9-15(13(19)8-12(16)18)20-14-7-11(17)5-4-10(14)2/h4-5,7-9,20H,3,6,19H2,1-2H3. The summed E-state index contributed by atoms with van der Waals surface area (Å²) < 4.78 is 32.4. The fourth-order valence-electron chi connectivity index (χ4n) is 1.87. The van der Waals surface area contributed by atoms with Gasteiger partial charge >= 0.3 is 0 Å². The third-order valence-corrected chi connectivity index (χ3v) is 3.03. The van der Waals surface area contributed by atoms with Crippen LogP contribution < -0.4 is 15.8 Å². The second kappa shape index (κ2) is 6.43. The van der Waals surface area contributed by atoms with Gasteiger partial charge in [0.1, 0.15) is 5.82 Å². The van der Waals surface area contributed by atoms with Crippen LogP contribution in [0.25, 0.3) is 0 Å². The van der Waals surface area contributed by atoms with Gasteiger partial charge in [-0.05, 0) is 31.0 Å². The van der Waals surface area contributed by atoms with Gasteiger partial charge in [0.25, 0.3) is 0 Å². The van der Waals surface area contributed by atoms with Crippen LogP contribution in [-0.4, -0.2) is 6.61 Å². The molecule has 0 spiro atoms. The molecule has 0 bridgehead atoms. The minimum atomic E-state index is -0.512. The molecule has 21 heavy (non-hydrogen) atoms. The van der Waals surface area contributed by atoms with Crippen LogP contribution in [0.1, 0.15) is 18.9 Å². The molecule has 0 atom stereocenters. The zero-order chi connectivity index (χ0) is 15.4. The summed E-state index contributed by atoms with van der Waals surface area (Å²) in [7, 11) is 0. The lowest BCUT2D eigenvalue weighted by atomic mass is 10.1. The molecule has 5 heteroatoms. The third-order valence-electron chi connectivity index (χ3n) is 3.03. The van der Waals surface area contributed by atoms with Crippen LogP contribution in [0.5, 0.6) is 5.75 Å². The van der Waals surface area contributed by atoms with Crippen molar-refractivity contribution in [3.05, 3.63) is 47.5 Å². The van der Waals surface area contributed by atoms with Crippen molar-refractivity contribution >= 4 is 17.1 Å². The Kier molecular flexibility index (Phi) is 4.62. The summed E-state index contributed by atoms with van der Waals surface area (Å²) in [6, 6.07) is 7.09. The van der Waals surface area contributed by atoms with Crippen LogP contribution in [0.15, 0.2) is 30.3 Å². The molecule has 0 saturated heterocycles. The Hall–Kier alpha value is -2.30. The Balaban J connectivity index is 2.32. The summed E-state index contributed by atoms with van der Waals surface area (Å²) in [5.74, 6) is -0.740. The first kappa shape index (κ1) is 15.1. The number of hydrogen-bond acceptors (Lipinski definition) is 3. The van der Waals surface area contributed by atoms with Crippen molar-refractivity contribution in [2.24, 2.45) is 0 Å². The van der Waals surface area contributed by atoms with E-state index in [2.05, 4.69) is 5.32 Å². The number of anilines is 3. The first-order chi connectivity index (χ1) is 10.0. The molecule has 3 nitrogen and oxygen atoms in total. The van der Waals surface area contributed by atoms with Gasteiger partial charge in [-0.25, -0.2) is 8.78 Å². The van der Waals surface area contributed by atoms with Gasteiger partial charge < -0.3 is 15.8 Å². The lowest BCUT2D eigenvalue weighted by molar-refractivity contribution is 0.301. The van der Waals surface area contributed by atoms with E-state index in [4.69, 9.17) is 10.5 Å². The molecule has 0 aromatic heterocycles. The molecular formula is C16H18F2N2O. The summed E-state index contributed by atoms with van der Waals surface area (Å²) in [6.07, 6.45) is 0.773. The molecule has 2 aromatic carbocycles. The SMILES string of the molecule is CCCOc1cc(Nc2cc(F)ccc2C)c(N)cc1F. The van der Waals surface area contributed by atoms with Crippen molar-refractivity contribution in [3.8, 4) is 5.75 Å². The monoisotopic (exact) mass is 292 g/mol. The number of nitrogens with one attached hydrogen (secondary N) is 1. The van der Waals surface area contributed by atoms with E-state index in [1.54, 1.807) is 6.07 Å². The van der Waals surface area contributed by atoms with E-state index in [-0.39, 0.29) is 17.3 Å². The Labute approximate surface area is 122 Å². The van der Waals surface area contributed by atoms with Gasteiger partial charge in [-0.15, -0.1) is 0 Å². The van der Waals surface area contributed by atoms with Gasteiger partial charge in [-0.2, -0.15) is 0 Å². The Bertz CT molecular complexity index is 644. The van der Waals surface area contributed by atoms with Crippen molar-refractivity contribution in [2.75, 3.05) is 17.7 Å². The fraction of sp³-hybridized carbons (Fsp3) is 0.250. The maximum absolute atomic E-state index is 13.7. The number of nitrogen functional groups attached to an aromatic ring is 1. The topological polar surface area (TPSA) is 47.3 Å². The molecular weight excluding hydrogens is 274 g/mol. The summed E-state index contributed by atoms with van der Waals surface area (Å²) in [5, 5.41) is 3.01. The van der Waals surface area contributed by atoms with E-state index in [0.29, 0.717) is 18.0 Å². The van der Waals surface area contributed by atoms with E-state index in [0.717, 1.165) is 12.0 Å². The average molecular weight is 292 g/mol. The van der Waals surface area contributed by atoms with Gasteiger partial charge in [-0.3, -0.25) is 0 Å². The molecule has 3 N–H and O–H groups in total. The molecule has 0 amide bonds. The number of aryl methyl sites for hydroxylation is 1. The molecule has 2 aromatic rings. The Morgan fingerprint density at radius 2 is 1.90 bits per heavy atom. The highest BCUT2D eigenvalue weighted by atomic mass is 19.1. The van der Waals surface area contributed by atoms with Crippen LogP contribution in [0, 0.1) is 18.6 Å². The molecule has 2 rings (SSSR count). The Morgan fingerprint density at radius 1 is 1.14 bits per heavy atom. The first-order valence-corrected chi connectivity index (χ1v) is 6.76. The number of halogens is 2. The van der Waals surface area contributed by atoms with Gasteiger partial charge in [-0.1, -0.05) is 13.0 Å². The minimum Gasteiger partial charge on any atom is -0.490 e. The highest BCUT2D eigenvalue weighted by Gasteiger charge is 2.10. The molecule has 0 aliphatic heterocycles. The zero-order valence-corrected chi connectivity index (χ0v) is 12.0. The predicted molar refractivity (Wildman–Crippen MR) is 81.0 cm³/mol. The number of benzene rings is 2. The smallest absolute Gasteiger partial charge is 0.167 e. The van der Waals surface area contributed by atoms with Crippen molar-refractivity contribution < 1.29 is 13.5 Å². The number of rotatable bonds is 5. The van der Waals surface area contributed by atoms with Gasteiger partial charge in [0.2, 0.25) is 0 Å². The highest BCUT2D eigenvalue weighted by molar-refractivity contribution is 5.75. The zero-order valence-electron chi connectivity index (χ0n) is 12.0. The van der Waals surface area contributed by atoms with E-state index in [1.807, 2.05) is 13.8 Å². The van der Waals surface area contributed by atoms with E-state index in [9.17, 15) is 8.78 Å². The first-order valence-electron chi connectivity index (χ1n) is 6.76. The second-order valence-electron chi connectivity index (χ2n) is 4.80. The number of nitrogens with two attached hydrogens (primary N) is 1. The molecule has 112 valence electrons. The fourth-order valence-corrected chi connectivity index (χ4v) is 1.87. The van der Waals surface area contributed by atoms with Gasteiger partial charge in [0, 0.05) is 17.8 Å². The molecule has 0 radical (unpaired) electrons. The van der Waals surface area contributed by atoms with E-state index < -0.39 is 5.82 Å². The molecule has 0 heterocycles. The van der Waals surface area contributed by atoms with Gasteiger partial charge in [0.05, 0.1) is 18.0 Å². The Morgan fingerprint density at radius 3 is 2.62 bits per heavy atom. The molecule has 0 aliphatic rings. The van der Waals surface area contributed by atoms with Gasteiger partial charge in [0.15, 0.2) is 11.6 Å². The lowest BCUT2D eigenvalue weighted by Crippen LogP contribution is -2.03. The second-order valence-corrected chi connectivity index (χ2v) is 4.80. The van der Waals surface area contributed by atoms with Crippen LogP contribution in [-0.2, 0) is 0 Å². The molecule has 0 saturated carbocycles. The summed E-state index contributed by atoms with van der Waals surface area (Å²) >= 11 is 0. The third kappa shape index (κ3) is 3.62. The predicted octanol–water partition coefficient (Wildman–Crippen LogP) is 4.39. The summed E-state index contributed by atoms with van der Waals surface area (Å²) in [4.78, 5) is 0. The van der Waals surface area contributed by atoms with E-state index >= 15 is 0 Å². The lowest BCUT2D eigenvalue weighted by Gasteiger charge is -2.14. The largest absolute Gasteiger partial charge is 0.490 e. The summed E-state index contributed by atoms with van der Waals surface area (Å²) in [6.45, 7) is 4.19. The molecule has 0 aliphatic carbocycles. The average Bonchev–Trinajstić information content (AvgIpc) is 2.44. The van der Waals surface area contributed by atoms with Crippen molar-refractivity contribution in [3.63, 3.8) is 0 Å². The van der Waals surface area contributed by atoms with Crippen molar-refractivity contribution in [1.82, 2.24) is 0 Å². The minimum absolute atomic E-state index is 0.127. The van der Waals surface area contributed by atoms with Crippen LogP contribution in [0.4, 0.5) is 25.8 Å². The summed E-state index contributed by atoms with van der Waals surface area (Å²) in [5.41, 5.74) is 7.96. The quantitative estimate of drug-likeness (QED) is 0.804. The molecule has 0 fully saturated rings. The maximum Gasteiger partial charge on any atom is 0.167 e. The normalized spacial score (nSPS) is 10.5. The number of hydrogen-bond donors (Lipinski definition) is 2. The van der Waals surface area contributed by atoms with Crippen LogP contribution in [0.3, 0.4) is 0 Å². The van der Waals surface area contributed by atoms with Crippen molar-refractivity contribution in [1.29, 1.82) is 0 Å². The van der Waals surface area contributed by atoms with Crippen LogP contribution >= 0.6 is 0 Å². The van der Waals surface area contributed by atoms with E-state index in [1.165, 1.54) is 24.3 Å². The van der Waals surface area contributed by atoms with Crippen LogP contribution in [0.2, 0.25) is 0 Å². The maximum atomic E-state index is 13.7. The molecule has 0 unspecified atom stereocenters.